The predicted octanol–water partition coefficient (Wildman–Crippen LogP) is 4.26. The van der Waals surface area contributed by atoms with E-state index in [1.54, 1.807) is 11.3 Å². The molecule has 2 rings (SSSR count). The Morgan fingerprint density at radius 3 is 2.65 bits per heavy atom. The van der Waals surface area contributed by atoms with Crippen LogP contribution in [-0.4, -0.2) is 5.91 Å². The van der Waals surface area contributed by atoms with Crippen LogP contribution in [0.2, 0.25) is 0 Å². The normalized spacial score (nSPS) is 15.1. The summed E-state index contributed by atoms with van der Waals surface area (Å²) in [7, 11) is 0. The molecule has 4 heteroatoms. The summed E-state index contributed by atoms with van der Waals surface area (Å²) in [5.74, 6) is 0.00501. The van der Waals surface area contributed by atoms with Gasteiger partial charge in [0.2, 0.25) is 5.91 Å². The van der Waals surface area contributed by atoms with E-state index < -0.39 is 0 Å². The van der Waals surface area contributed by atoms with E-state index in [0.717, 1.165) is 24.3 Å². The van der Waals surface area contributed by atoms with Crippen LogP contribution in [0.1, 0.15) is 62.5 Å². The van der Waals surface area contributed by atoms with Crippen LogP contribution in [0.4, 0.5) is 5.00 Å². The second kappa shape index (κ2) is 5.97. The standard InChI is InChI=1S/C16H22N2OS/c1-16(2,3)9-14(19)18-15-12(10-17)11-7-5-4-6-8-13(11)20-15/h4-9H2,1-3H3,(H,18,19). The lowest BCUT2D eigenvalue weighted by Crippen LogP contribution is -2.19. The molecule has 0 radical (unpaired) electrons. The number of nitriles is 1. The summed E-state index contributed by atoms with van der Waals surface area (Å²) in [5, 5.41) is 13.1. The monoisotopic (exact) mass is 290 g/mol. The zero-order valence-corrected chi connectivity index (χ0v) is 13.3. The van der Waals surface area contributed by atoms with E-state index in [2.05, 4.69) is 11.4 Å². The second-order valence-electron chi connectivity index (χ2n) is 6.67. The van der Waals surface area contributed by atoms with Gasteiger partial charge in [-0.1, -0.05) is 27.2 Å². The Balaban J connectivity index is 2.21. The predicted molar refractivity (Wildman–Crippen MR) is 83.0 cm³/mol. The third-order valence-electron chi connectivity index (χ3n) is 3.48. The maximum absolute atomic E-state index is 12.1. The van der Waals surface area contributed by atoms with Crippen molar-refractivity contribution in [2.45, 2.75) is 59.3 Å². The first-order valence-corrected chi connectivity index (χ1v) is 8.07. The van der Waals surface area contributed by atoms with Crippen LogP contribution in [0.5, 0.6) is 0 Å². The zero-order valence-electron chi connectivity index (χ0n) is 12.5. The molecule has 0 aliphatic heterocycles. The van der Waals surface area contributed by atoms with Gasteiger partial charge < -0.3 is 5.32 Å². The van der Waals surface area contributed by atoms with E-state index in [9.17, 15) is 10.1 Å². The zero-order chi connectivity index (χ0) is 14.8. The number of thiophene rings is 1. The lowest BCUT2D eigenvalue weighted by molar-refractivity contribution is -0.117. The number of nitrogens with zero attached hydrogens (tertiary/aromatic N) is 1. The fourth-order valence-corrected chi connectivity index (χ4v) is 3.86. The summed E-state index contributed by atoms with van der Waals surface area (Å²) in [6.07, 6.45) is 6.06. The Labute approximate surface area is 125 Å². The van der Waals surface area contributed by atoms with E-state index in [-0.39, 0.29) is 11.3 Å². The Morgan fingerprint density at radius 1 is 1.30 bits per heavy atom. The van der Waals surface area contributed by atoms with Gasteiger partial charge in [-0.05, 0) is 36.7 Å². The van der Waals surface area contributed by atoms with Gasteiger partial charge in [-0.2, -0.15) is 5.26 Å². The highest BCUT2D eigenvalue weighted by molar-refractivity contribution is 7.16. The molecular formula is C16H22N2OS. The van der Waals surface area contributed by atoms with Gasteiger partial charge in [-0.3, -0.25) is 4.79 Å². The summed E-state index contributed by atoms with van der Waals surface area (Å²) < 4.78 is 0. The van der Waals surface area contributed by atoms with Crippen LogP contribution in [-0.2, 0) is 17.6 Å². The molecule has 1 aliphatic rings. The van der Waals surface area contributed by atoms with E-state index >= 15 is 0 Å². The van der Waals surface area contributed by atoms with Gasteiger partial charge >= 0.3 is 0 Å². The fourth-order valence-electron chi connectivity index (χ4n) is 2.60. The number of anilines is 1. The summed E-state index contributed by atoms with van der Waals surface area (Å²) in [6, 6.07) is 2.30. The summed E-state index contributed by atoms with van der Waals surface area (Å²) in [6.45, 7) is 6.13. The first-order chi connectivity index (χ1) is 9.40. The minimum atomic E-state index is -0.0365. The highest BCUT2D eigenvalue weighted by Crippen LogP contribution is 2.37. The molecule has 0 aromatic carbocycles. The van der Waals surface area contributed by atoms with Gasteiger partial charge in [0.05, 0.1) is 5.56 Å². The van der Waals surface area contributed by atoms with Gasteiger partial charge in [0, 0.05) is 11.3 Å². The van der Waals surface area contributed by atoms with E-state index in [1.807, 2.05) is 20.8 Å². The van der Waals surface area contributed by atoms with Crippen molar-refractivity contribution in [3.05, 3.63) is 16.0 Å². The highest BCUT2D eigenvalue weighted by Gasteiger charge is 2.22. The minimum absolute atomic E-state index is 0.00501. The molecular weight excluding hydrogens is 268 g/mol. The molecule has 1 aromatic rings. The maximum Gasteiger partial charge on any atom is 0.225 e. The number of aryl methyl sites for hydroxylation is 1. The largest absolute Gasteiger partial charge is 0.317 e. The summed E-state index contributed by atoms with van der Waals surface area (Å²) in [5.41, 5.74) is 1.85. The number of amides is 1. The van der Waals surface area contributed by atoms with Crippen molar-refractivity contribution in [3.63, 3.8) is 0 Å². The average Bonchev–Trinajstić information content (AvgIpc) is 2.50. The molecule has 1 heterocycles. The van der Waals surface area contributed by atoms with Gasteiger partial charge in [0.1, 0.15) is 11.1 Å². The fraction of sp³-hybridized carbons (Fsp3) is 0.625. The Morgan fingerprint density at radius 2 is 2.00 bits per heavy atom. The second-order valence-corrected chi connectivity index (χ2v) is 7.77. The van der Waals surface area contributed by atoms with Crippen LogP contribution in [0.3, 0.4) is 0 Å². The van der Waals surface area contributed by atoms with Crippen molar-refractivity contribution < 1.29 is 4.79 Å². The molecule has 0 bridgehead atoms. The Hall–Kier alpha value is -1.34. The van der Waals surface area contributed by atoms with Crippen LogP contribution < -0.4 is 5.32 Å². The third kappa shape index (κ3) is 3.61. The number of hydrogen-bond acceptors (Lipinski definition) is 3. The van der Waals surface area contributed by atoms with Crippen LogP contribution in [0.15, 0.2) is 0 Å². The van der Waals surface area contributed by atoms with Crippen molar-refractivity contribution in [1.82, 2.24) is 0 Å². The molecule has 0 fully saturated rings. The molecule has 0 saturated heterocycles. The number of rotatable bonds is 2. The molecule has 3 nitrogen and oxygen atoms in total. The number of carbonyl (C=O) groups excluding carboxylic acids is 1. The van der Waals surface area contributed by atoms with Gasteiger partial charge in [-0.15, -0.1) is 11.3 Å². The first kappa shape index (κ1) is 15.1. The van der Waals surface area contributed by atoms with Crippen molar-refractivity contribution in [1.29, 1.82) is 5.26 Å². The van der Waals surface area contributed by atoms with Crippen molar-refractivity contribution in [2.24, 2.45) is 5.41 Å². The molecule has 1 amide bonds. The van der Waals surface area contributed by atoms with E-state index in [0.29, 0.717) is 12.0 Å². The Kier molecular flexibility index (Phi) is 4.49. The topological polar surface area (TPSA) is 52.9 Å². The van der Waals surface area contributed by atoms with Gasteiger partial charge in [0.25, 0.3) is 0 Å². The quantitative estimate of drug-likeness (QED) is 0.827. The molecule has 0 unspecified atom stereocenters. The molecule has 108 valence electrons. The molecule has 0 saturated carbocycles. The van der Waals surface area contributed by atoms with Gasteiger partial charge in [-0.25, -0.2) is 0 Å². The van der Waals surface area contributed by atoms with Crippen molar-refractivity contribution in [3.8, 4) is 6.07 Å². The molecule has 1 N–H and O–H groups in total. The van der Waals surface area contributed by atoms with Crippen molar-refractivity contribution >= 4 is 22.2 Å². The van der Waals surface area contributed by atoms with Gasteiger partial charge in [0.15, 0.2) is 0 Å². The summed E-state index contributed by atoms with van der Waals surface area (Å²) in [4.78, 5) is 13.4. The number of nitrogens with one attached hydrogen (secondary N) is 1. The number of fused-ring (bicyclic) bond motifs is 1. The van der Waals surface area contributed by atoms with Crippen LogP contribution >= 0.6 is 11.3 Å². The Bertz CT molecular complexity index is 546. The molecule has 1 aromatic heterocycles. The SMILES string of the molecule is CC(C)(C)CC(=O)Nc1sc2c(c1C#N)CCCCC2. The molecule has 1 aliphatic carbocycles. The number of hydrogen-bond donors (Lipinski definition) is 1. The molecule has 0 atom stereocenters. The van der Waals surface area contributed by atoms with Crippen LogP contribution in [0, 0.1) is 16.7 Å². The lowest BCUT2D eigenvalue weighted by atomic mass is 9.92. The van der Waals surface area contributed by atoms with Crippen molar-refractivity contribution in [2.75, 3.05) is 5.32 Å². The highest BCUT2D eigenvalue weighted by atomic mass is 32.1. The smallest absolute Gasteiger partial charge is 0.225 e. The minimum Gasteiger partial charge on any atom is -0.317 e. The van der Waals surface area contributed by atoms with E-state index in [1.165, 1.54) is 23.3 Å². The molecule has 0 spiro atoms. The third-order valence-corrected chi connectivity index (χ3v) is 4.68. The molecule has 20 heavy (non-hydrogen) atoms. The average molecular weight is 290 g/mol. The van der Waals surface area contributed by atoms with E-state index in [4.69, 9.17) is 0 Å². The first-order valence-electron chi connectivity index (χ1n) is 7.25. The maximum atomic E-state index is 12.1. The summed E-state index contributed by atoms with van der Waals surface area (Å²) >= 11 is 1.60. The van der Waals surface area contributed by atoms with Crippen LogP contribution in [0.25, 0.3) is 0 Å². The lowest BCUT2D eigenvalue weighted by Gasteiger charge is -2.16. The number of carbonyl (C=O) groups is 1.